The Hall–Kier alpha value is -1.59. The number of halogens is 1. The average Bonchev–Trinajstić information content (AvgIpc) is 2.45. The predicted molar refractivity (Wildman–Crippen MR) is 86.0 cm³/mol. The van der Waals surface area contributed by atoms with Crippen molar-refractivity contribution in [1.82, 2.24) is 4.98 Å². The highest BCUT2D eigenvalue weighted by molar-refractivity contribution is 9.10. The Balaban J connectivity index is 2.07. The molecular weight excluding hydrogens is 318 g/mol. The summed E-state index contributed by atoms with van der Waals surface area (Å²) in [5.74, 6) is 0.937. The fourth-order valence-corrected chi connectivity index (χ4v) is 2.36. The molecule has 0 aliphatic carbocycles. The maximum absolute atomic E-state index is 9.41. The maximum atomic E-state index is 9.41. The van der Waals surface area contributed by atoms with Gasteiger partial charge in [-0.15, -0.1) is 0 Å². The van der Waals surface area contributed by atoms with Crippen LogP contribution in [0.3, 0.4) is 0 Å². The molecule has 0 amide bonds. The predicted octanol–water partition coefficient (Wildman–Crippen LogP) is 3.01. The molecule has 2 aromatic rings. The summed E-state index contributed by atoms with van der Waals surface area (Å²) in [6.45, 7) is 0.672. The van der Waals surface area contributed by atoms with Crippen LogP contribution in [0.25, 0.3) is 0 Å². The third-order valence-corrected chi connectivity index (χ3v) is 3.77. The number of aliphatic hydroxyl groups is 1. The first kappa shape index (κ1) is 14.8. The number of hydrogen-bond donors (Lipinski definition) is 2. The molecule has 2 N–H and O–H groups in total. The van der Waals surface area contributed by atoms with Gasteiger partial charge in [0.05, 0.1) is 6.61 Å². The van der Waals surface area contributed by atoms with Crippen LogP contribution in [0.2, 0.25) is 0 Å². The lowest BCUT2D eigenvalue weighted by molar-refractivity contribution is 0.281. The molecule has 0 saturated carbocycles. The molecule has 20 heavy (non-hydrogen) atoms. The van der Waals surface area contributed by atoms with E-state index in [1.807, 2.05) is 55.5 Å². The van der Waals surface area contributed by atoms with Crippen molar-refractivity contribution in [1.29, 1.82) is 0 Å². The normalized spacial score (nSPS) is 10.4. The summed E-state index contributed by atoms with van der Waals surface area (Å²) in [6, 6.07) is 9.86. The third-order valence-electron chi connectivity index (χ3n) is 3.03. The van der Waals surface area contributed by atoms with Gasteiger partial charge in [-0.3, -0.25) is 0 Å². The van der Waals surface area contributed by atoms with Gasteiger partial charge in [0.15, 0.2) is 0 Å². The van der Waals surface area contributed by atoms with Crippen LogP contribution in [-0.4, -0.2) is 24.2 Å². The highest BCUT2D eigenvalue weighted by Gasteiger charge is 2.05. The van der Waals surface area contributed by atoms with Crippen LogP contribution in [0.15, 0.2) is 41.0 Å². The van der Waals surface area contributed by atoms with E-state index >= 15 is 0 Å². The molecule has 4 nitrogen and oxygen atoms in total. The zero-order valence-corrected chi connectivity index (χ0v) is 13.2. The molecule has 1 aromatic heterocycles. The van der Waals surface area contributed by atoms with Crippen molar-refractivity contribution in [2.24, 2.45) is 0 Å². The molecule has 0 unspecified atom stereocenters. The van der Waals surface area contributed by atoms with Crippen LogP contribution < -0.4 is 10.2 Å². The van der Waals surface area contributed by atoms with Crippen molar-refractivity contribution in [2.45, 2.75) is 13.2 Å². The van der Waals surface area contributed by atoms with Crippen molar-refractivity contribution in [3.8, 4) is 0 Å². The minimum absolute atomic E-state index is 0.00156. The number of aliphatic hydroxyl groups excluding tert-OH is 1. The number of anilines is 2. The number of aromatic nitrogens is 1. The molecule has 106 valence electrons. The quantitative estimate of drug-likeness (QED) is 0.881. The fraction of sp³-hybridized carbons (Fsp3) is 0.267. The number of rotatable bonds is 5. The van der Waals surface area contributed by atoms with Gasteiger partial charge in [-0.1, -0.05) is 28.1 Å². The van der Waals surface area contributed by atoms with Gasteiger partial charge < -0.3 is 15.3 Å². The Morgan fingerprint density at radius 1 is 1.25 bits per heavy atom. The third kappa shape index (κ3) is 3.49. The molecule has 2 rings (SSSR count). The van der Waals surface area contributed by atoms with E-state index in [9.17, 15) is 5.11 Å². The van der Waals surface area contributed by atoms with Gasteiger partial charge in [-0.05, 0) is 23.8 Å². The lowest BCUT2D eigenvalue weighted by Gasteiger charge is -2.13. The van der Waals surface area contributed by atoms with Gasteiger partial charge in [0.25, 0.3) is 0 Å². The number of hydrogen-bond acceptors (Lipinski definition) is 4. The summed E-state index contributed by atoms with van der Waals surface area (Å²) in [7, 11) is 3.94. The Morgan fingerprint density at radius 3 is 2.65 bits per heavy atom. The van der Waals surface area contributed by atoms with Crippen molar-refractivity contribution in [2.75, 3.05) is 24.3 Å². The number of nitrogens with one attached hydrogen (secondary N) is 1. The van der Waals surface area contributed by atoms with Crippen LogP contribution in [0.1, 0.15) is 11.1 Å². The molecule has 0 atom stereocenters. The summed E-state index contributed by atoms with van der Waals surface area (Å²) in [5, 5.41) is 12.7. The molecule has 0 radical (unpaired) electrons. The van der Waals surface area contributed by atoms with Gasteiger partial charge in [-0.2, -0.15) is 0 Å². The van der Waals surface area contributed by atoms with E-state index in [0.717, 1.165) is 27.1 Å². The van der Waals surface area contributed by atoms with Gasteiger partial charge in [0.2, 0.25) is 0 Å². The van der Waals surface area contributed by atoms with E-state index < -0.39 is 0 Å². The van der Waals surface area contributed by atoms with Gasteiger partial charge in [0, 0.05) is 42.6 Å². The van der Waals surface area contributed by atoms with Crippen LogP contribution in [0.4, 0.5) is 11.5 Å². The summed E-state index contributed by atoms with van der Waals surface area (Å²) in [5.41, 5.74) is 2.89. The summed E-state index contributed by atoms with van der Waals surface area (Å²) in [4.78, 5) is 6.35. The fourth-order valence-electron chi connectivity index (χ4n) is 1.87. The second-order valence-corrected chi connectivity index (χ2v) is 5.55. The second-order valence-electron chi connectivity index (χ2n) is 4.70. The van der Waals surface area contributed by atoms with Crippen molar-refractivity contribution in [3.63, 3.8) is 0 Å². The van der Waals surface area contributed by atoms with Gasteiger partial charge in [-0.25, -0.2) is 4.98 Å². The van der Waals surface area contributed by atoms with Crippen molar-refractivity contribution >= 4 is 27.4 Å². The first-order chi connectivity index (χ1) is 9.61. The Bertz CT molecular complexity index is 570. The molecule has 0 fully saturated rings. The number of pyridine rings is 1. The van der Waals surface area contributed by atoms with Crippen LogP contribution >= 0.6 is 15.9 Å². The van der Waals surface area contributed by atoms with E-state index in [1.165, 1.54) is 0 Å². The van der Waals surface area contributed by atoms with Crippen molar-refractivity contribution in [3.05, 3.63) is 52.1 Å². The monoisotopic (exact) mass is 335 g/mol. The van der Waals surface area contributed by atoms with Crippen LogP contribution in [0.5, 0.6) is 0 Å². The maximum Gasteiger partial charge on any atom is 0.127 e. The zero-order chi connectivity index (χ0) is 14.5. The van der Waals surface area contributed by atoms with E-state index in [4.69, 9.17) is 0 Å². The molecule has 0 spiro atoms. The van der Waals surface area contributed by atoms with Crippen LogP contribution in [-0.2, 0) is 13.2 Å². The lowest BCUT2D eigenvalue weighted by Crippen LogP contribution is -2.11. The van der Waals surface area contributed by atoms with Gasteiger partial charge >= 0.3 is 0 Å². The SMILES string of the molecule is CN(C)c1ccc(CNc2cccc(Br)c2CO)cn1. The topological polar surface area (TPSA) is 48.4 Å². The highest BCUT2D eigenvalue weighted by Crippen LogP contribution is 2.25. The molecule has 1 aromatic carbocycles. The standard InChI is InChI=1S/C15H18BrN3O/c1-19(2)15-7-6-11(9-18-15)8-17-14-5-3-4-13(16)12(14)10-20/h3-7,9,17,20H,8,10H2,1-2H3. The minimum atomic E-state index is 0.00156. The molecule has 0 aliphatic rings. The van der Waals surface area contributed by atoms with E-state index in [-0.39, 0.29) is 6.61 Å². The van der Waals surface area contributed by atoms with Gasteiger partial charge in [0.1, 0.15) is 5.82 Å². The Labute approximate surface area is 127 Å². The van der Waals surface area contributed by atoms with Crippen molar-refractivity contribution < 1.29 is 5.11 Å². The first-order valence-corrected chi connectivity index (χ1v) is 7.15. The van der Waals surface area contributed by atoms with E-state index in [1.54, 1.807) is 0 Å². The zero-order valence-electron chi connectivity index (χ0n) is 11.6. The largest absolute Gasteiger partial charge is 0.392 e. The molecule has 0 aliphatic heterocycles. The number of nitrogens with zero attached hydrogens (tertiary/aromatic N) is 2. The first-order valence-electron chi connectivity index (χ1n) is 6.36. The summed E-state index contributed by atoms with van der Waals surface area (Å²) < 4.78 is 0.908. The minimum Gasteiger partial charge on any atom is -0.392 e. The van der Waals surface area contributed by atoms with E-state index in [2.05, 4.69) is 26.2 Å². The molecule has 0 bridgehead atoms. The lowest BCUT2D eigenvalue weighted by atomic mass is 10.2. The molecule has 1 heterocycles. The number of benzene rings is 1. The smallest absolute Gasteiger partial charge is 0.127 e. The molecule has 0 saturated heterocycles. The molecule has 5 heteroatoms. The molecular formula is C15H18BrN3O. The highest BCUT2D eigenvalue weighted by atomic mass is 79.9. The Kier molecular flexibility index (Phi) is 4.98. The van der Waals surface area contributed by atoms with E-state index in [0.29, 0.717) is 6.54 Å². The summed E-state index contributed by atoms with van der Waals surface area (Å²) >= 11 is 3.44. The Morgan fingerprint density at radius 2 is 2.05 bits per heavy atom. The second kappa shape index (κ2) is 6.72. The van der Waals surface area contributed by atoms with Crippen LogP contribution in [0, 0.1) is 0 Å². The average molecular weight is 336 g/mol. The summed E-state index contributed by atoms with van der Waals surface area (Å²) in [6.07, 6.45) is 1.86.